The van der Waals surface area contributed by atoms with Gasteiger partial charge in [0, 0.05) is 13.1 Å². The number of aliphatic imine (C=N–C) groups is 1. The lowest BCUT2D eigenvalue weighted by Crippen LogP contribution is -2.51. The number of carbonyl (C=O) groups excluding carboxylic acids is 2. The first kappa shape index (κ1) is 14.6. The molecule has 0 bridgehead atoms. The van der Waals surface area contributed by atoms with Crippen LogP contribution in [0.15, 0.2) is 29.3 Å². The third kappa shape index (κ3) is 2.95. The van der Waals surface area contributed by atoms with Gasteiger partial charge in [-0.2, -0.15) is 0 Å². The molecule has 1 aromatic rings. The highest BCUT2D eigenvalue weighted by Crippen LogP contribution is 2.20. The summed E-state index contributed by atoms with van der Waals surface area (Å²) in [6.45, 7) is 1.91. The van der Waals surface area contributed by atoms with Crippen molar-refractivity contribution in [3.05, 3.63) is 35.4 Å². The normalized spacial score (nSPS) is 20.8. The number of esters is 1. The fraction of sp³-hybridized carbons (Fsp3) is 0.438. The smallest absolute Gasteiger partial charge is 0.306 e. The fourth-order valence-corrected chi connectivity index (χ4v) is 2.83. The molecular weight excluding hydrogens is 282 g/mol. The number of hydrogen-bond donors (Lipinski definition) is 1. The van der Waals surface area contributed by atoms with E-state index in [2.05, 4.69) is 32.1 Å². The predicted octanol–water partition coefficient (Wildman–Crippen LogP) is 0.710. The Labute approximate surface area is 129 Å². The van der Waals surface area contributed by atoms with Crippen molar-refractivity contribution >= 4 is 17.8 Å². The van der Waals surface area contributed by atoms with Gasteiger partial charge in [0.05, 0.1) is 26.0 Å². The molecule has 1 N–H and O–H groups in total. The molecule has 3 rings (SSSR count). The number of hydrogen-bond acceptors (Lipinski definition) is 5. The SMILES string of the molecule is COC(=O)C[C@@H]1CN=C(N2CCc3ccccc3C2)NC1=O. The summed E-state index contributed by atoms with van der Waals surface area (Å²) in [5.74, 6) is -0.367. The van der Waals surface area contributed by atoms with E-state index in [4.69, 9.17) is 0 Å². The van der Waals surface area contributed by atoms with Crippen LogP contribution in [-0.2, 0) is 27.3 Å². The minimum absolute atomic E-state index is 0.0714. The number of methoxy groups -OCH3 is 1. The number of benzene rings is 1. The average Bonchev–Trinajstić information content (AvgIpc) is 2.56. The summed E-state index contributed by atoms with van der Waals surface area (Å²) in [6, 6.07) is 8.31. The summed E-state index contributed by atoms with van der Waals surface area (Å²) in [4.78, 5) is 29.9. The van der Waals surface area contributed by atoms with Crippen molar-refractivity contribution in [1.82, 2.24) is 10.2 Å². The van der Waals surface area contributed by atoms with Crippen LogP contribution in [0.2, 0.25) is 0 Å². The van der Waals surface area contributed by atoms with Crippen molar-refractivity contribution in [2.24, 2.45) is 10.9 Å². The summed E-state index contributed by atoms with van der Waals surface area (Å²) in [5, 5.41) is 2.83. The van der Waals surface area contributed by atoms with Crippen molar-refractivity contribution in [1.29, 1.82) is 0 Å². The fourth-order valence-electron chi connectivity index (χ4n) is 2.83. The predicted molar refractivity (Wildman–Crippen MR) is 81.1 cm³/mol. The van der Waals surface area contributed by atoms with Crippen LogP contribution in [0.3, 0.4) is 0 Å². The zero-order chi connectivity index (χ0) is 15.5. The van der Waals surface area contributed by atoms with E-state index in [-0.39, 0.29) is 18.3 Å². The Balaban J connectivity index is 1.67. The number of ether oxygens (including phenoxy) is 1. The van der Waals surface area contributed by atoms with Crippen molar-refractivity contribution in [3.8, 4) is 0 Å². The molecule has 6 nitrogen and oxygen atoms in total. The van der Waals surface area contributed by atoms with Crippen LogP contribution >= 0.6 is 0 Å². The Kier molecular flexibility index (Phi) is 4.09. The molecule has 0 aromatic heterocycles. The highest BCUT2D eigenvalue weighted by molar-refractivity contribution is 6.01. The Hall–Kier alpha value is -2.37. The molecule has 116 valence electrons. The molecule has 2 aliphatic heterocycles. The van der Waals surface area contributed by atoms with Gasteiger partial charge in [0.15, 0.2) is 0 Å². The van der Waals surface area contributed by atoms with E-state index in [9.17, 15) is 9.59 Å². The van der Waals surface area contributed by atoms with Gasteiger partial charge in [-0.1, -0.05) is 24.3 Å². The van der Waals surface area contributed by atoms with Crippen LogP contribution in [0.4, 0.5) is 0 Å². The zero-order valence-electron chi connectivity index (χ0n) is 12.5. The van der Waals surface area contributed by atoms with E-state index in [0.29, 0.717) is 12.5 Å². The molecule has 2 aliphatic rings. The average molecular weight is 301 g/mol. The summed E-state index contributed by atoms with van der Waals surface area (Å²) < 4.78 is 4.61. The van der Waals surface area contributed by atoms with Crippen LogP contribution in [-0.4, -0.2) is 42.9 Å². The second-order valence-electron chi connectivity index (χ2n) is 5.57. The molecule has 0 unspecified atom stereocenters. The topological polar surface area (TPSA) is 71.0 Å². The van der Waals surface area contributed by atoms with E-state index in [1.54, 1.807) is 0 Å². The maximum atomic E-state index is 12.1. The zero-order valence-corrected chi connectivity index (χ0v) is 12.5. The Bertz CT molecular complexity index is 627. The number of nitrogens with zero attached hydrogens (tertiary/aromatic N) is 2. The molecule has 2 heterocycles. The lowest BCUT2D eigenvalue weighted by atomic mass is 10.00. The second-order valence-corrected chi connectivity index (χ2v) is 5.57. The molecule has 1 atom stereocenters. The summed E-state index contributed by atoms with van der Waals surface area (Å²) >= 11 is 0. The number of amides is 1. The van der Waals surface area contributed by atoms with Gasteiger partial charge in [0.1, 0.15) is 0 Å². The molecule has 1 aromatic carbocycles. The molecule has 0 saturated heterocycles. The van der Waals surface area contributed by atoms with E-state index >= 15 is 0 Å². The van der Waals surface area contributed by atoms with Gasteiger partial charge >= 0.3 is 5.97 Å². The van der Waals surface area contributed by atoms with Crippen LogP contribution in [0.25, 0.3) is 0 Å². The third-order valence-corrected chi connectivity index (χ3v) is 4.14. The lowest BCUT2D eigenvalue weighted by Gasteiger charge is -2.33. The highest BCUT2D eigenvalue weighted by atomic mass is 16.5. The molecule has 22 heavy (non-hydrogen) atoms. The largest absolute Gasteiger partial charge is 0.469 e. The van der Waals surface area contributed by atoms with Crippen LogP contribution in [0.5, 0.6) is 0 Å². The monoisotopic (exact) mass is 301 g/mol. The minimum atomic E-state index is -0.437. The van der Waals surface area contributed by atoms with Gasteiger partial charge in [-0.25, -0.2) is 0 Å². The van der Waals surface area contributed by atoms with Crippen molar-refractivity contribution in [2.75, 3.05) is 20.2 Å². The number of nitrogens with one attached hydrogen (secondary N) is 1. The Morgan fingerprint density at radius 1 is 1.41 bits per heavy atom. The first-order valence-corrected chi connectivity index (χ1v) is 7.41. The standard InChI is InChI=1S/C16H19N3O3/c1-22-14(20)8-13-9-17-16(18-15(13)21)19-7-6-11-4-2-3-5-12(11)10-19/h2-5,13H,6-10H2,1H3,(H,17,18,21)/t13-/m1/s1. The van der Waals surface area contributed by atoms with E-state index in [1.165, 1.54) is 18.2 Å². The van der Waals surface area contributed by atoms with E-state index < -0.39 is 5.92 Å². The number of carbonyl (C=O) groups is 2. The Morgan fingerprint density at radius 2 is 2.18 bits per heavy atom. The highest BCUT2D eigenvalue weighted by Gasteiger charge is 2.29. The van der Waals surface area contributed by atoms with Crippen LogP contribution in [0, 0.1) is 5.92 Å². The van der Waals surface area contributed by atoms with Crippen molar-refractivity contribution < 1.29 is 14.3 Å². The molecule has 0 saturated carbocycles. The molecule has 1 amide bonds. The van der Waals surface area contributed by atoms with Gasteiger partial charge in [-0.3, -0.25) is 19.9 Å². The van der Waals surface area contributed by atoms with Crippen LogP contribution < -0.4 is 5.32 Å². The van der Waals surface area contributed by atoms with Gasteiger partial charge < -0.3 is 9.64 Å². The summed E-state index contributed by atoms with van der Waals surface area (Å²) in [7, 11) is 1.32. The van der Waals surface area contributed by atoms with E-state index in [0.717, 1.165) is 19.5 Å². The lowest BCUT2D eigenvalue weighted by molar-refractivity contribution is -0.144. The van der Waals surface area contributed by atoms with Crippen molar-refractivity contribution in [2.45, 2.75) is 19.4 Å². The molecule has 0 radical (unpaired) electrons. The maximum absolute atomic E-state index is 12.1. The van der Waals surface area contributed by atoms with Crippen LogP contribution in [0.1, 0.15) is 17.5 Å². The van der Waals surface area contributed by atoms with Gasteiger partial charge in [0.2, 0.25) is 11.9 Å². The number of fused-ring (bicyclic) bond motifs is 1. The number of guanidine groups is 1. The summed E-state index contributed by atoms with van der Waals surface area (Å²) in [6.07, 6.45) is 1.01. The molecule has 0 aliphatic carbocycles. The van der Waals surface area contributed by atoms with Gasteiger partial charge in [-0.05, 0) is 17.5 Å². The second kappa shape index (κ2) is 6.17. The summed E-state index contributed by atoms with van der Waals surface area (Å²) in [5.41, 5.74) is 2.62. The van der Waals surface area contributed by atoms with Gasteiger partial charge in [0.25, 0.3) is 0 Å². The first-order valence-electron chi connectivity index (χ1n) is 7.41. The van der Waals surface area contributed by atoms with Gasteiger partial charge in [-0.15, -0.1) is 0 Å². The van der Waals surface area contributed by atoms with E-state index in [1.807, 2.05) is 12.1 Å². The first-order chi connectivity index (χ1) is 10.7. The molecular formula is C16H19N3O3. The van der Waals surface area contributed by atoms with Crippen molar-refractivity contribution in [3.63, 3.8) is 0 Å². The quantitative estimate of drug-likeness (QED) is 0.817. The third-order valence-electron chi connectivity index (χ3n) is 4.14. The Morgan fingerprint density at radius 3 is 2.91 bits per heavy atom. The molecule has 0 fully saturated rings. The molecule has 0 spiro atoms. The maximum Gasteiger partial charge on any atom is 0.306 e. The minimum Gasteiger partial charge on any atom is -0.469 e. The number of rotatable bonds is 2. The molecule has 6 heteroatoms.